The second-order valence-electron chi connectivity index (χ2n) is 7.80. The van der Waals surface area contributed by atoms with E-state index in [-0.39, 0.29) is 0 Å². The minimum Gasteiger partial charge on any atom is -0.302 e. The average Bonchev–Trinajstić information content (AvgIpc) is 3.18. The summed E-state index contributed by atoms with van der Waals surface area (Å²) in [5.74, 6) is 0. The van der Waals surface area contributed by atoms with Gasteiger partial charge < -0.3 is 4.90 Å². The highest BCUT2D eigenvalue weighted by Gasteiger charge is 2.13. The first-order valence-electron chi connectivity index (χ1n) is 10.5. The van der Waals surface area contributed by atoms with E-state index in [1.165, 1.54) is 0 Å². The molecular weight excluding hydrogens is 486 g/mol. The number of unbranched alkanes of at least 4 members (excludes halogenated alkanes) is 1. The first kappa shape index (κ1) is 22.5. The van der Waals surface area contributed by atoms with Crippen molar-refractivity contribution in [2.24, 2.45) is 0 Å². The summed E-state index contributed by atoms with van der Waals surface area (Å²) in [6, 6.07) is 19.9. The second kappa shape index (κ2) is 10.3. The molecule has 0 saturated heterocycles. The quantitative estimate of drug-likeness (QED) is 0.268. The van der Waals surface area contributed by atoms with E-state index in [9.17, 15) is 5.26 Å². The van der Waals surface area contributed by atoms with Crippen molar-refractivity contribution in [2.45, 2.75) is 25.8 Å². The van der Waals surface area contributed by atoms with E-state index in [0.717, 1.165) is 70.6 Å². The monoisotopic (exact) mass is 507 g/mol. The van der Waals surface area contributed by atoms with Gasteiger partial charge in [-0.25, -0.2) is 9.50 Å². The van der Waals surface area contributed by atoms with E-state index in [4.69, 9.17) is 16.6 Å². The van der Waals surface area contributed by atoms with Gasteiger partial charge in [-0.3, -0.25) is 0 Å². The molecule has 0 aliphatic heterocycles. The molecule has 32 heavy (non-hydrogen) atoms. The predicted octanol–water partition coefficient (Wildman–Crippen LogP) is 6.14. The maximum atomic E-state index is 9.29. The van der Waals surface area contributed by atoms with Gasteiger partial charge in [-0.05, 0) is 72.5 Å². The van der Waals surface area contributed by atoms with Crippen LogP contribution in [0.1, 0.15) is 29.7 Å². The molecule has 2 aromatic carbocycles. The maximum Gasteiger partial charge on any atom is 0.170 e. The van der Waals surface area contributed by atoms with Crippen molar-refractivity contribution < 1.29 is 0 Å². The van der Waals surface area contributed by atoms with Crippen LogP contribution < -0.4 is 0 Å². The summed E-state index contributed by atoms with van der Waals surface area (Å²) < 4.78 is 2.76. The van der Waals surface area contributed by atoms with E-state index < -0.39 is 0 Å². The van der Waals surface area contributed by atoms with E-state index in [0.29, 0.717) is 5.02 Å². The molecule has 0 saturated carbocycles. The van der Waals surface area contributed by atoms with Gasteiger partial charge in [0, 0.05) is 22.8 Å². The normalized spacial score (nSPS) is 11.2. The Morgan fingerprint density at radius 3 is 2.72 bits per heavy atom. The number of aromatic nitrogens is 3. The standard InChI is InChI=1S/C25H23BrClN5/c1-31(17-19-9-3-2-8-18(19)15-28)13-7-6-10-20-14-24(21-11-4-5-12-23(21)27)30-25-22(26)16-29-32(20)25/h2-5,8-9,11-12,14,16H,6-7,10,13,17H2,1H3. The van der Waals surface area contributed by atoms with Crippen molar-refractivity contribution in [1.82, 2.24) is 19.5 Å². The molecule has 7 heteroatoms. The molecule has 5 nitrogen and oxygen atoms in total. The van der Waals surface area contributed by atoms with Crippen LogP contribution in [0.25, 0.3) is 16.9 Å². The molecule has 0 N–H and O–H groups in total. The number of hydrogen-bond donors (Lipinski definition) is 0. The molecule has 4 aromatic rings. The van der Waals surface area contributed by atoms with Crippen LogP contribution in [-0.2, 0) is 13.0 Å². The van der Waals surface area contributed by atoms with Crippen LogP contribution in [0.15, 0.2) is 65.3 Å². The molecule has 0 spiro atoms. The summed E-state index contributed by atoms with van der Waals surface area (Å²) in [7, 11) is 2.10. The number of benzene rings is 2. The minimum atomic E-state index is 0.685. The predicted molar refractivity (Wildman–Crippen MR) is 132 cm³/mol. The summed E-state index contributed by atoms with van der Waals surface area (Å²) in [5, 5.41) is 14.5. The van der Waals surface area contributed by atoms with Crippen LogP contribution in [0.3, 0.4) is 0 Å². The summed E-state index contributed by atoms with van der Waals surface area (Å²) in [6.07, 6.45) is 4.72. The number of aryl methyl sites for hydroxylation is 1. The lowest BCUT2D eigenvalue weighted by Crippen LogP contribution is -2.20. The lowest BCUT2D eigenvalue weighted by Gasteiger charge is -2.17. The molecule has 0 unspecified atom stereocenters. The summed E-state index contributed by atoms with van der Waals surface area (Å²) in [5.41, 5.74) is 5.48. The van der Waals surface area contributed by atoms with Gasteiger partial charge in [0.2, 0.25) is 0 Å². The second-order valence-corrected chi connectivity index (χ2v) is 9.07. The van der Waals surface area contributed by atoms with Crippen LogP contribution in [-0.4, -0.2) is 33.1 Å². The summed E-state index contributed by atoms with van der Waals surface area (Å²) in [4.78, 5) is 7.04. The number of halogens is 2. The molecule has 0 bridgehead atoms. The van der Waals surface area contributed by atoms with E-state index in [2.05, 4.69) is 45.1 Å². The number of rotatable bonds is 8. The molecule has 0 aliphatic rings. The largest absolute Gasteiger partial charge is 0.302 e. The molecule has 0 radical (unpaired) electrons. The first-order chi connectivity index (χ1) is 15.6. The molecule has 2 heterocycles. The van der Waals surface area contributed by atoms with Gasteiger partial charge in [0.15, 0.2) is 5.65 Å². The van der Waals surface area contributed by atoms with E-state index in [1.807, 2.05) is 53.0 Å². The molecule has 4 rings (SSSR count). The van der Waals surface area contributed by atoms with Crippen molar-refractivity contribution in [3.05, 3.63) is 87.1 Å². The highest BCUT2D eigenvalue weighted by molar-refractivity contribution is 9.10. The van der Waals surface area contributed by atoms with Gasteiger partial charge in [0.25, 0.3) is 0 Å². The van der Waals surface area contributed by atoms with Crippen LogP contribution >= 0.6 is 27.5 Å². The van der Waals surface area contributed by atoms with Crippen LogP contribution in [0.5, 0.6) is 0 Å². The first-order valence-corrected chi connectivity index (χ1v) is 11.7. The van der Waals surface area contributed by atoms with Gasteiger partial charge in [0.1, 0.15) is 0 Å². The van der Waals surface area contributed by atoms with Gasteiger partial charge in [-0.1, -0.05) is 48.0 Å². The van der Waals surface area contributed by atoms with Crippen LogP contribution in [0.4, 0.5) is 0 Å². The Labute approximate surface area is 201 Å². The Balaban J connectivity index is 1.44. The fourth-order valence-electron chi connectivity index (χ4n) is 3.81. The van der Waals surface area contributed by atoms with Gasteiger partial charge >= 0.3 is 0 Å². The SMILES string of the molecule is CN(CCCCc1cc(-c2ccccc2Cl)nc2c(Br)cnn12)Cc1ccccc1C#N. The summed E-state index contributed by atoms with van der Waals surface area (Å²) in [6.45, 7) is 1.72. The zero-order valence-electron chi connectivity index (χ0n) is 17.8. The smallest absolute Gasteiger partial charge is 0.170 e. The van der Waals surface area contributed by atoms with Crippen molar-refractivity contribution >= 4 is 33.2 Å². The lowest BCUT2D eigenvalue weighted by atomic mass is 10.1. The Hall–Kier alpha value is -2.72. The third kappa shape index (κ3) is 5.02. The van der Waals surface area contributed by atoms with Gasteiger partial charge in [-0.15, -0.1) is 0 Å². The number of nitriles is 1. The van der Waals surface area contributed by atoms with Gasteiger partial charge in [-0.2, -0.15) is 10.4 Å². The molecule has 0 amide bonds. The van der Waals surface area contributed by atoms with Crippen LogP contribution in [0, 0.1) is 11.3 Å². The molecule has 0 aliphatic carbocycles. The molecule has 0 fully saturated rings. The summed E-state index contributed by atoms with van der Waals surface area (Å²) >= 11 is 9.99. The maximum absolute atomic E-state index is 9.29. The van der Waals surface area contributed by atoms with E-state index >= 15 is 0 Å². The fourth-order valence-corrected chi connectivity index (χ4v) is 4.39. The Bertz CT molecular complexity index is 1280. The number of hydrogen-bond acceptors (Lipinski definition) is 4. The Kier molecular flexibility index (Phi) is 7.21. The molecule has 162 valence electrons. The number of nitrogens with zero attached hydrogens (tertiary/aromatic N) is 5. The zero-order chi connectivity index (χ0) is 22.5. The average molecular weight is 509 g/mol. The third-order valence-electron chi connectivity index (χ3n) is 5.45. The molecular formula is C25H23BrClN5. The topological polar surface area (TPSA) is 57.2 Å². The van der Waals surface area contributed by atoms with Crippen molar-refractivity contribution in [3.8, 4) is 17.3 Å². The highest BCUT2D eigenvalue weighted by Crippen LogP contribution is 2.29. The van der Waals surface area contributed by atoms with Crippen molar-refractivity contribution in [3.63, 3.8) is 0 Å². The highest BCUT2D eigenvalue weighted by atomic mass is 79.9. The van der Waals surface area contributed by atoms with E-state index in [1.54, 1.807) is 6.20 Å². The van der Waals surface area contributed by atoms with Crippen LogP contribution in [0.2, 0.25) is 5.02 Å². The van der Waals surface area contributed by atoms with Crippen molar-refractivity contribution in [1.29, 1.82) is 5.26 Å². The molecule has 0 atom stereocenters. The Morgan fingerprint density at radius 1 is 1.12 bits per heavy atom. The third-order valence-corrected chi connectivity index (χ3v) is 6.34. The van der Waals surface area contributed by atoms with Gasteiger partial charge in [0.05, 0.1) is 28.0 Å². The lowest BCUT2D eigenvalue weighted by molar-refractivity contribution is 0.318. The number of fused-ring (bicyclic) bond motifs is 1. The zero-order valence-corrected chi connectivity index (χ0v) is 20.1. The molecule has 2 aromatic heterocycles. The van der Waals surface area contributed by atoms with Crippen molar-refractivity contribution in [2.75, 3.05) is 13.6 Å². The fraction of sp³-hybridized carbons (Fsp3) is 0.240. The Morgan fingerprint density at radius 2 is 1.91 bits per heavy atom. The minimum absolute atomic E-state index is 0.685.